The third kappa shape index (κ3) is 4.23. The average Bonchev–Trinajstić information content (AvgIpc) is 3.24. The minimum absolute atomic E-state index is 0.149. The van der Waals surface area contributed by atoms with E-state index in [1.165, 1.54) is 24.3 Å². The van der Waals surface area contributed by atoms with Gasteiger partial charge < -0.3 is 9.88 Å². The molecule has 1 fully saturated rings. The van der Waals surface area contributed by atoms with Crippen LogP contribution < -0.4 is 5.56 Å². The highest BCUT2D eigenvalue weighted by atomic mass is 35.5. The number of nitrogens with zero attached hydrogens (tertiary/aromatic N) is 5. The quantitative estimate of drug-likeness (QED) is 0.497. The van der Waals surface area contributed by atoms with E-state index >= 15 is 0 Å². The number of amides is 1. The molecule has 1 aliphatic rings. The molecule has 33 heavy (non-hydrogen) atoms. The van der Waals surface area contributed by atoms with Gasteiger partial charge in [0.15, 0.2) is 11.2 Å². The molecular formula is C23H20ClFN6O2. The van der Waals surface area contributed by atoms with Crippen LogP contribution in [0.5, 0.6) is 0 Å². The van der Waals surface area contributed by atoms with Gasteiger partial charge in [-0.05, 0) is 48.7 Å². The molecule has 0 radical (unpaired) electrons. The Morgan fingerprint density at radius 3 is 2.76 bits per heavy atom. The lowest BCUT2D eigenvalue weighted by Gasteiger charge is -2.32. The molecule has 0 aliphatic carbocycles. The van der Waals surface area contributed by atoms with Crippen LogP contribution in [0.3, 0.4) is 0 Å². The Hall–Kier alpha value is -3.59. The van der Waals surface area contributed by atoms with Gasteiger partial charge in [0, 0.05) is 29.6 Å². The predicted molar refractivity (Wildman–Crippen MR) is 121 cm³/mol. The lowest BCUT2D eigenvalue weighted by molar-refractivity contribution is 0.0704. The van der Waals surface area contributed by atoms with Crippen LogP contribution in [0.1, 0.15) is 40.5 Å². The van der Waals surface area contributed by atoms with Crippen LogP contribution in [0.25, 0.3) is 11.2 Å². The van der Waals surface area contributed by atoms with E-state index in [-0.39, 0.29) is 28.7 Å². The third-order valence-corrected chi connectivity index (χ3v) is 6.23. The van der Waals surface area contributed by atoms with Crippen molar-refractivity contribution in [1.29, 1.82) is 0 Å². The summed E-state index contributed by atoms with van der Waals surface area (Å²) in [4.78, 5) is 34.8. The number of aromatic amines is 1. The number of halogens is 2. The van der Waals surface area contributed by atoms with E-state index in [2.05, 4.69) is 20.3 Å². The van der Waals surface area contributed by atoms with Crippen LogP contribution in [-0.4, -0.2) is 48.9 Å². The lowest BCUT2D eigenvalue weighted by atomic mass is 9.96. The van der Waals surface area contributed by atoms with Gasteiger partial charge in [-0.2, -0.15) is 0 Å². The van der Waals surface area contributed by atoms with Crippen molar-refractivity contribution in [3.63, 3.8) is 0 Å². The zero-order valence-corrected chi connectivity index (χ0v) is 18.3. The molecule has 0 unspecified atom stereocenters. The number of hydrogen-bond acceptors (Lipinski definition) is 5. The summed E-state index contributed by atoms with van der Waals surface area (Å²) in [5, 5.41) is 8.68. The molecular weight excluding hydrogens is 447 g/mol. The number of carbonyl (C=O) groups excluding carboxylic acids is 1. The SMILES string of the molecule is O=C(c1ccc(F)cc1)N1CCC[C@@H](c2nc3c(nnn3Cc3ccccc3Cl)c(=O)[nH]2)C1. The van der Waals surface area contributed by atoms with Crippen LogP contribution in [-0.2, 0) is 6.54 Å². The van der Waals surface area contributed by atoms with E-state index in [0.717, 1.165) is 18.4 Å². The van der Waals surface area contributed by atoms with E-state index in [1.54, 1.807) is 15.6 Å². The summed E-state index contributed by atoms with van der Waals surface area (Å²) in [5.74, 6) is -0.218. The summed E-state index contributed by atoms with van der Waals surface area (Å²) >= 11 is 6.27. The van der Waals surface area contributed by atoms with Gasteiger partial charge in [0.25, 0.3) is 11.5 Å². The predicted octanol–water partition coefficient (Wildman–Crippen LogP) is 3.38. The highest BCUT2D eigenvalue weighted by Gasteiger charge is 2.28. The van der Waals surface area contributed by atoms with Crippen molar-refractivity contribution in [3.8, 4) is 0 Å². The summed E-state index contributed by atoms with van der Waals surface area (Å²) in [6, 6.07) is 12.9. The minimum atomic E-state index is -0.389. The Kier molecular flexibility index (Phi) is 5.63. The first-order valence-corrected chi connectivity index (χ1v) is 11.0. The normalized spacial score (nSPS) is 16.3. The van der Waals surface area contributed by atoms with Crippen LogP contribution in [0.4, 0.5) is 4.39 Å². The molecule has 5 rings (SSSR count). The number of nitrogens with one attached hydrogen (secondary N) is 1. The monoisotopic (exact) mass is 466 g/mol. The second kappa shape index (κ2) is 8.74. The summed E-state index contributed by atoms with van der Waals surface area (Å²) in [7, 11) is 0. The van der Waals surface area contributed by atoms with Crippen LogP contribution in [0, 0.1) is 5.82 Å². The van der Waals surface area contributed by atoms with Gasteiger partial charge in [-0.1, -0.05) is 35.0 Å². The lowest BCUT2D eigenvalue weighted by Crippen LogP contribution is -2.40. The molecule has 4 aromatic rings. The van der Waals surface area contributed by atoms with E-state index in [0.29, 0.717) is 41.7 Å². The largest absolute Gasteiger partial charge is 0.338 e. The average molecular weight is 467 g/mol. The van der Waals surface area contributed by atoms with Crippen molar-refractivity contribution in [2.24, 2.45) is 0 Å². The maximum absolute atomic E-state index is 13.2. The molecule has 1 atom stereocenters. The standard InChI is InChI=1S/C23H20ClFN6O2/c24-18-6-2-1-4-15(18)13-31-21-19(28-29-31)22(32)27-20(26-21)16-5-3-11-30(12-16)23(33)14-7-9-17(25)10-8-14/h1-2,4,6-10,16H,3,5,11-13H2,(H,26,27,32)/t16-/m1/s1. The Labute approximate surface area is 193 Å². The van der Waals surface area contributed by atoms with Gasteiger partial charge in [-0.15, -0.1) is 5.10 Å². The van der Waals surface area contributed by atoms with Crippen molar-refractivity contribution in [1.82, 2.24) is 29.9 Å². The first-order chi connectivity index (χ1) is 16.0. The number of hydrogen-bond donors (Lipinski definition) is 1. The highest BCUT2D eigenvalue weighted by Crippen LogP contribution is 2.26. The first-order valence-electron chi connectivity index (χ1n) is 10.6. The summed E-state index contributed by atoms with van der Waals surface area (Å²) < 4.78 is 14.8. The molecule has 1 amide bonds. The van der Waals surface area contributed by atoms with Crippen molar-refractivity contribution in [3.05, 3.63) is 86.7 Å². The fourth-order valence-corrected chi connectivity index (χ4v) is 4.33. The highest BCUT2D eigenvalue weighted by molar-refractivity contribution is 6.31. The number of H-pyrrole nitrogens is 1. The second-order valence-corrected chi connectivity index (χ2v) is 8.47. The molecule has 0 bridgehead atoms. The van der Waals surface area contributed by atoms with E-state index in [4.69, 9.17) is 11.6 Å². The maximum Gasteiger partial charge on any atom is 0.281 e. The molecule has 1 N–H and O–H groups in total. The van der Waals surface area contributed by atoms with Gasteiger partial charge >= 0.3 is 0 Å². The van der Waals surface area contributed by atoms with Crippen molar-refractivity contribution < 1.29 is 9.18 Å². The Morgan fingerprint density at radius 2 is 1.97 bits per heavy atom. The Bertz CT molecular complexity index is 1380. The molecule has 8 nitrogen and oxygen atoms in total. The molecule has 2 aromatic heterocycles. The number of likely N-dealkylation sites (tertiary alicyclic amines) is 1. The van der Waals surface area contributed by atoms with Crippen molar-refractivity contribution in [2.45, 2.75) is 25.3 Å². The van der Waals surface area contributed by atoms with Gasteiger partial charge in [-0.3, -0.25) is 9.59 Å². The molecule has 1 saturated heterocycles. The molecule has 168 valence electrons. The summed E-state index contributed by atoms with van der Waals surface area (Å²) in [6.45, 7) is 1.31. The number of benzene rings is 2. The second-order valence-electron chi connectivity index (χ2n) is 8.06. The molecule has 0 saturated carbocycles. The fourth-order valence-electron chi connectivity index (χ4n) is 4.13. The maximum atomic E-state index is 13.2. The minimum Gasteiger partial charge on any atom is -0.338 e. The van der Waals surface area contributed by atoms with Crippen molar-refractivity contribution in [2.75, 3.05) is 13.1 Å². The Morgan fingerprint density at radius 1 is 1.18 bits per heavy atom. The van der Waals surface area contributed by atoms with Gasteiger partial charge in [-0.25, -0.2) is 14.1 Å². The number of carbonyl (C=O) groups is 1. The number of fused-ring (bicyclic) bond motifs is 1. The first kappa shape index (κ1) is 21.3. The molecule has 1 aliphatic heterocycles. The van der Waals surface area contributed by atoms with Crippen LogP contribution >= 0.6 is 11.6 Å². The zero-order chi connectivity index (χ0) is 22.9. The Balaban J connectivity index is 1.43. The van der Waals surface area contributed by atoms with E-state index < -0.39 is 0 Å². The fraction of sp³-hybridized carbons (Fsp3) is 0.261. The number of rotatable bonds is 4. The van der Waals surface area contributed by atoms with Crippen LogP contribution in [0.2, 0.25) is 5.02 Å². The van der Waals surface area contributed by atoms with Gasteiger partial charge in [0.2, 0.25) is 0 Å². The number of aromatic nitrogens is 5. The van der Waals surface area contributed by atoms with Crippen molar-refractivity contribution >= 4 is 28.7 Å². The van der Waals surface area contributed by atoms with Gasteiger partial charge in [0.1, 0.15) is 11.6 Å². The van der Waals surface area contributed by atoms with E-state index in [9.17, 15) is 14.0 Å². The molecule has 2 aromatic carbocycles. The molecule has 0 spiro atoms. The third-order valence-electron chi connectivity index (χ3n) is 5.86. The molecule has 10 heteroatoms. The molecule has 3 heterocycles. The van der Waals surface area contributed by atoms with Crippen LogP contribution in [0.15, 0.2) is 53.3 Å². The number of piperidine rings is 1. The zero-order valence-electron chi connectivity index (χ0n) is 17.5. The smallest absolute Gasteiger partial charge is 0.281 e. The topological polar surface area (TPSA) is 96.8 Å². The van der Waals surface area contributed by atoms with E-state index in [1.807, 2.05) is 18.2 Å². The summed E-state index contributed by atoms with van der Waals surface area (Å²) in [6.07, 6.45) is 1.53. The van der Waals surface area contributed by atoms with Gasteiger partial charge in [0.05, 0.1) is 6.54 Å². The summed E-state index contributed by atoms with van der Waals surface area (Å²) in [5.41, 5.74) is 1.42.